The van der Waals surface area contributed by atoms with Crippen LogP contribution in [0.25, 0.3) is 0 Å². The van der Waals surface area contributed by atoms with Crippen molar-refractivity contribution >= 4 is 13.9 Å². The molecule has 1 aromatic carbocycles. The van der Waals surface area contributed by atoms with Gasteiger partial charge in [-0.3, -0.25) is 4.79 Å². The highest BCUT2D eigenvalue weighted by atomic mass is 28.3. The molecule has 0 unspecified atom stereocenters. The van der Waals surface area contributed by atoms with Crippen molar-refractivity contribution in [3.8, 4) is 11.8 Å². The third kappa shape index (κ3) is 6.55. The normalized spacial score (nSPS) is 11.0. The fourth-order valence-corrected chi connectivity index (χ4v) is 1.82. The minimum Gasteiger partial charge on any atom is -0.285 e. The standard InChI is InChI=1S/C15H18OSi/c1-17(2,3)12-8-7-11-15(16)13-14-9-5-4-6-10-14/h4-6,8-10,12H,13H2,1-3H3/b12-8+. The summed E-state index contributed by atoms with van der Waals surface area (Å²) in [6, 6.07) is 9.69. The Bertz CT molecular complexity index is 455. The van der Waals surface area contributed by atoms with E-state index in [9.17, 15) is 4.79 Å². The van der Waals surface area contributed by atoms with Gasteiger partial charge in [0.2, 0.25) is 5.78 Å². The fraction of sp³-hybridized carbons (Fsp3) is 0.267. The summed E-state index contributed by atoms with van der Waals surface area (Å²) in [7, 11) is -1.20. The van der Waals surface area contributed by atoms with Crippen LogP contribution in [0.3, 0.4) is 0 Å². The maximum atomic E-state index is 11.5. The lowest BCUT2D eigenvalue weighted by molar-refractivity contribution is -0.113. The van der Waals surface area contributed by atoms with Gasteiger partial charge in [0.1, 0.15) is 0 Å². The van der Waals surface area contributed by atoms with Crippen LogP contribution in [0.1, 0.15) is 5.56 Å². The molecular formula is C15H18OSi. The van der Waals surface area contributed by atoms with Crippen molar-refractivity contribution in [3.63, 3.8) is 0 Å². The van der Waals surface area contributed by atoms with Gasteiger partial charge in [-0.2, -0.15) is 0 Å². The van der Waals surface area contributed by atoms with Gasteiger partial charge in [0.15, 0.2) is 0 Å². The van der Waals surface area contributed by atoms with E-state index in [4.69, 9.17) is 0 Å². The molecule has 17 heavy (non-hydrogen) atoms. The zero-order valence-corrected chi connectivity index (χ0v) is 11.7. The fourth-order valence-electron chi connectivity index (χ4n) is 1.24. The molecule has 0 bridgehead atoms. The first-order chi connectivity index (χ1) is 7.97. The van der Waals surface area contributed by atoms with Crippen LogP contribution in [-0.2, 0) is 11.2 Å². The molecule has 0 spiro atoms. The summed E-state index contributed by atoms with van der Waals surface area (Å²) in [6.07, 6.45) is 2.21. The van der Waals surface area contributed by atoms with Gasteiger partial charge in [0.05, 0.1) is 8.07 Å². The SMILES string of the molecule is C[Si](C)(C)/C=C/C#CC(=O)Cc1ccccc1. The van der Waals surface area contributed by atoms with Crippen molar-refractivity contribution in [2.75, 3.05) is 0 Å². The molecule has 2 heteroatoms. The van der Waals surface area contributed by atoms with Crippen LogP contribution in [-0.4, -0.2) is 13.9 Å². The highest BCUT2D eigenvalue weighted by molar-refractivity contribution is 6.81. The van der Waals surface area contributed by atoms with Gasteiger partial charge in [-0.25, -0.2) is 0 Å². The summed E-state index contributed by atoms with van der Waals surface area (Å²) in [6.45, 7) is 6.70. The lowest BCUT2D eigenvalue weighted by Gasteiger charge is -2.05. The Morgan fingerprint density at radius 1 is 1.24 bits per heavy atom. The zero-order chi connectivity index (χ0) is 12.7. The molecule has 0 radical (unpaired) electrons. The highest BCUT2D eigenvalue weighted by Crippen LogP contribution is 2.01. The molecular weight excluding hydrogens is 224 g/mol. The molecule has 0 saturated heterocycles. The molecule has 1 aromatic rings. The van der Waals surface area contributed by atoms with E-state index in [1.807, 2.05) is 36.4 Å². The van der Waals surface area contributed by atoms with Crippen molar-refractivity contribution in [3.05, 3.63) is 47.7 Å². The summed E-state index contributed by atoms with van der Waals surface area (Å²) in [5.74, 6) is 5.44. The summed E-state index contributed by atoms with van der Waals surface area (Å²) in [4.78, 5) is 11.5. The largest absolute Gasteiger partial charge is 0.285 e. The average Bonchev–Trinajstić information content (AvgIpc) is 2.25. The van der Waals surface area contributed by atoms with Gasteiger partial charge in [-0.1, -0.05) is 61.6 Å². The third-order valence-electron chi connectivity index (χ3n) is 2.09. The maximum absolute atomic E-state index is 11.5. The topological polar surface area (TPSA) is 17.1 Å². The molecule has 0 aliphatic rings. The van der Waals surface area contributed by atoms with E-state index in [-0.39, 0.29) is 5.78 Å². The molecule has 88 valence electrons. The molecule has 1 rings (SSSR count). The van der Waals surface area contributed by atoms with Crippen molar-refractivity contribution in [2.24, 2.45) is 0 Å². The Labute approximate surface area is 105 Å². The van der Waals surface area contributed by atoms with Crippen LogP contribution in [0.4, 0.5) is 0 Å². The smallest absolute Gasteiger partial charge is 0.210 e. The Morgan fingerprint density at radius 3 is 2.47 bits per heavy atom. The van der Waals surface area contributed by atoms with E-state index in [0.29, 0.717) is 6.42 Å². The molecule has 0 amide bonds. The summed E-state index contributed by atoms with van der Waals surface area (Å²) < 4.78 is 0. The number of carbonyl (C=O) groups excluding carboxylic acids is 1. The number of carbonyl (C=O) groups is 1. The van der Waals surface area contributed by atoms with Gasteiger partial charge in [-0.05, 0) is 17.6 Å². The molecule has 0 saturated carbocycles. The second-order valence-corrected chi connectivity index (χ2v) is 10.1. The van der Waals surface area contributed by atoms with Crippen molar-refractivity contribution in [2.45, 2.75) is 26.1 Å². The van der Waals surface area contributed by atoms with Crippen LogP contribution in [0.5, 0.6) is 0 Å². The second kappa shape index (κ2) is 6.22. The average molecular weight is 242 g/mol. The lowest BCUT2D eigenvalue weighted by atomic mass is 10.1. The number of rotatable bonds is 3. The molecule has 1 nitrogen and oxygen atoms in total. The Hall–Kier alpha value is -1.59. The van der Waals surface area contributed by atoms with Gasteiger partial charge in [0, 0.05) is 6.42 Å². The summed E-state index contributed by atoms with van der Waals surface area (Å²) in [5, 5.41) is 0. The first-order valence-corrected chi connectivity index (χ1v) is 9.31. The first kappa shape index (κ1) is 13.5. The van der Waals surface area contributed by atoms with Gasteiger partial charge >= 0.3 is 0 Å². The molecule has 0 aromatic heterocycles. The van der Waals surface area contributed by atoms with Crippen LogP contribution >= 0.6 is 0 Å². The van der Waals surface area contributed by atoms with Gasteiger partial charge < -0.3 is 0 Å². The van der Waals surface area contributed by atoms with E-state index >= 15 is 0 Å². The van der Waals surface area contributed by atoms with E-state index in [2.05, 4.69) is 37.2 Å². The van der Waals surface area contributed by atoms with Gasteiger partial charge in [-0.15, -0.1) is 0 Å². The Morgan fingerprint density at radius 2 is 1.88 bits per heavy atom. The van der Waals surface area contributed by atoms with E-state index < -0.39 is 8.07 Å². The molecule has 0 aliphatic heterocycles. The number of allylic oxidation sites excluding steroid dienone is 1. The second-order valence-electron chi connectivity index (χ2n) is 5.05. The number of hydrogen-bond acceptors (Lipinski definition) is 1. The quantitative estimate of drug-likeness (QED) is 0.452. The van der Waals surface area contributed by atoms with Crippen LogP contribution in [0, 0.1) is 11.8 Å². The van der Waals surface area contributed by atoms with E-state index in [1.54, 1.807) is 0 Å². The number of hydrogen-bond donors (Lipinski definition) is 0. The van der Waals surface area contributed by atoms with E-state index in [1.165, 1.54) is 0 Å². The molecule has 0 fully saturated rings. The number of ketones is 1. The highest BCUT2D eigenvalue weighted by Gasteiger charge is 2.05. The molecule has 0 heterocycles. The predicted molar refractivity (Wildman–Crippen MR) is 75.4 cm³/mol. The van der Waals surface area contributed by atoms with E-state index in [0.717, 1.165) is 5.56 Å². The lowest BCUT2D eigenvalue weighted by Crippen LogP contribution is -2.15. The first-order valence-electron chi connectivity index (χ1n) is 5.73. The number of benzene rings is 1. The predicted octanol–water partition coefficient (Wildman–Crippen LogP) is 3.24. The Balaban J connectivity index is 2.51. The minimum atomic E-state index is -1.20. The molecule has 0 N–H and O–H groups in total. The Kier molecular flexibility index (Phi) is 4.93. The van der Waals surface area contributed by atoms with Crippen LogP contribution in [0.2, 0.25) is 19.6 Å². The summed E-state index contributed by atoms with van der Waals surface area (Å²) >= 11 is 0. The zero-order valence-electron chi connectivity index (χ0n) is 10.7. The minimum absolute atomic E-state index is 0.0311. The van der Waals surface area contributed by atoms with Crippen LogP contribution in [0.15, 0.2) is 42.1 Å². The van der Waals surface area contributed by atoms with Crippen molar-refractivity contribution in [1.82, 2.24) is 0 Å². The molecule has 0 atom stereocenters. The number of Topliss-reactive ketones (excluding diaryl/α,β-unsaturated/α-hetero) is 1. The monoisotopic (exact) mass is 242 g/mol. The van der Waals surface area contributed by atoms with Crippen molar-refractivity contribution < 1.29 is 4.79 Å². The van der Waals surface area contributed by atoms with Gasteiger partial charge in [0.25, 0.3) is 0 Å². The van der Waals surface area contributed by atoms with Crippen LogP contribution < -0.4 is 0 Å². The maximum Gasteiger partial charge on any atom is 0.210 e. The molecule has 0 aliphatic carbocycles. The van der Waals surface area contributed by atoms with Crippen molar-refractivity contribution in [1.29, 1.82) is 0 Å². The third-order valence-corrected chi connectivity index (χ3v) is 3.25. The summed E-state index contributed by atoms with van der Waals surface area (Å²) in [5.41, 5.74) is 3.15.